The van der Waals surface area contributed by atoms with Crippen molar-refractivity contribution in [3.63, 3.8) is 0 Å². The molecule has 1 aromatic carbocycles. The van der Waals surface area contributed by atoms with Crippen LogP contribution in [0.15, 0.2) is 24.3 Å². The van der Waals surface area contributed by atoms with Crippen LogP contribution in [0.25, 0.3) is 0 Å². The van der Waals surface area contributed by atoms with Crippen LogP contribution in [0, 0.1) is 6.92 Å². The molecule has 1 N–H and O–H groups in total. The van der Waals surface area contributed by atoms with Gasteiger partial charge in [0.05, 0.1) is 0 Å². The van der Waals surface area contributed by atoms with E-state index in [2.05, 4.69) is 49.7 Å². The Hall–Kier alpha value is -0.470. The molecule has 0 aromatic heterocycles. The first-order valence-electron chi connectivity index (χ1n) is 5.53. The summed E-state index contributed by atoms with van der Waals surface area (Å²) in [7, 11) is 0. The quantitative estimate of drug-likeness (QED) is 0.742. The van der Waals surface area contributed by atoms with Crippen molar-refractivity contribution < 1.29 is 0 Å². The van der Waals surface area contributed by atoms with Crippen LogP contribution < -0.4 is 5.32 Å². The van der Waals surface area contributed by atoms with Crippen LogP contribution in [0.4, 0.5) is 0 Å². The highest BCUT2D eigenvalue weighted by molar-refractivity contribution is 7.98. The third kappa shape index (κ3) is 4.72. The molecule has 1 atom stereocenters. The zero-order valence-electron chi connectivity index (χ0n) is 9.92. The van der Waals surface area contributed by atoms with Crippen molar-refractivity contribution in [3.05, 3.63) is 35.4 Å². The van der Waals surface area contributed by atoms with Crippen molar-refractivity contribution in [2.45, 2.75) is 26.3 Å². The van der Waals surface area contributed by atoms with E-state index in [9.17, 15) is 0 Å². The monoisotopic (exact) mass is 223 g/mol. The fourth-order valence-corrected chi connectivity index (χ4v) is 2.03. The third-order valence-corrected chi connectivity index (χ3v) is 3.21. The van der Waals surface area contributed by atoms with Gasteiger partial charge in [-0.25, -0.2) is 0 Å². The van der Waals surface area contributed by atoms with Crippen molar-refractivity contribution in [2.24, 2.45) is 0 Å². The SMILES string of the molecule is CSCCCN[C@H](C)c1cccc(C)c1. The molecule has 0 bridgehead atoms. The molecule has 0 aliphatic rings. The zero-order valence-corrected chi connectivity index (χ0v) is 10.7. The van der Waals surface area contributed by atoms with E-state index in [1.54, 1.807) is 0 Å². The molecular formula is C13H21NS. The van der Waals surface area contributed by atoms with Gasteiger partial charge in [-0.05, 0) is 44.4 Å². The Labute approximate surface area is 97.7 Å². The van der Waals surface area contributed by atoms with Crippen molar-refractivity contribution >= 4 is 11.8 Å². The highest BCUT2D eigenvalue weighted by Gasteiger charge is 2.03. The van der Waals surface area contributed by atoms with E-state index in [-0.39, 0.29) is 0 Å². The van der Waals surface area contributed by atoms with Crippen LogP contribution in [0.5, 0.6) is 0 Å². The summed E-state index contributed by atoms with van der Waals surface area (Å²) < 4.78 is 0. The molecule has 1 aromatic rings. The van der Waals surface area contributed by atoms with Gasteiger partial charge in [-0.3, -0.25) is 0 Å². The molecule has 1 rings (SSSR count). The Morgan fingerprint density at radius 2 is 2.20 bits per heavy atom. The van der Waals surface area contributed by atoms with Gasteiger partial charge in [0.1, 0.15) is 0 Å². The van der Waals surface area contributed by atoms with Crippen molar-refractivity contribution in [1.29, 1.82) is 0 Å². The molecule has 0 saturated carbocycles. The summed E-state index contributed by atoms with van der Waals surface area (Å²) >= 11 is 1.91. The maximum absolute atomic E-state index is 3.55. The summed E-state index contributed by atoms with van der Waals surface area (Å²) in [6, 6.07) is 9.19. The number of thioether (sulfide) groups is 1. The normalized spacial score (nSPS) is 12.7. The molecular weight excluding hydrogens is 202 g/mol. The van der Waals surface area contributed by atoms with E-state index in [0.717, 1.165) is 6.54 Å². The summed E-state index contributed by atoms with van der Waals surface area (Å²) in [4.78, 5) is 0. The number of rotatable bonds is 6. The summed E-state index contributed by atoms with van der Waals surface area (Å²) in [6.07, 6.45) is 3.40. The second-order valence-corrected chi connectivity index (χ2v) is 4.92. The second-order valence-electron chi connectivity index (χ2n) is 3.94. The first-order chi connectivity index (χ1) is 7.24. The Balaban J connectivity index is 2.36. The van der Waals surface area contributed by atoms with Crippen LogP contribution in [-0.4, -0.2) is 18.6 Å². The van der Waals surface area contributed by atoms with Gasteiger partial charge >= 0.3 is 0 Å². The molecule has 0 fully saturated rings. The summed E-state index contributed by atoms with van der Waals surface area (Å²) in [5.41, 5.74) is 2.73. The maximum Gasteiger partial charge on any atom is 0.0291 e. The van der Waals surface area contributed by atoms with E-state index in [1.807, 2.05) is 11.8 Å². The molecule has 15 heavy (non-hydrogen) atoms. The highest BCUT2D eigenvalue weighted by Crippen LogP contribution is 2.13. The Bertz CT molecular complexity index is 286. The van der Waals surface area contributed by atoms with Gasteiger partial charge in [-0.2, -0.15) is 11.8 Å². The lowest BCUT2D eigenvalue weighted by Crippen LogP contribution is -2.20. The number of hydrogen-bond acceptors (Lipinski definition) is 2. The summed E-state index contributed by atoms with van der Waals surface area (Å²) in [5.74, 6) is 1.24. The predicted molar refractivity (Wildman–Crippen MR) is 70.6 cm³/mol. The Morgan fingerprint density at radius 1 is 1.40 bits per heavy atom. The second kappa shape index (κ2) is 6.91. The maximum atomic E-state index is 3.55. The zero-order chi connectivity index (χ0) is 11.1. The lowest BCUT2D eigenvalue weighted by Gasteiger charge is -2.14. The van der Waals surface area contributed by atoms with E-state index >= 15 is 0 Å². The van der Waals surface area contributed by atoms with Crippen molar-refractivity contribution in [3.8, 4) is 0 Å². The van der Waals surface area contributed by atoms with Crippen LogP contribution in [0.2, 0.25) is 0 Å². The average Bonchev–Trinajstić information content (AvgIpc) is 2.24. The average molecular weight is 223 g/mol. The van der Waals surface area contributed by atoms with Gasteiger partial charge in [0.15, 0.2) is 0 Å². The smallest absolute Gasteiger partial charge is 0.0291 e. The van der Waals surface area contributed by atoms with E-state index in [4.69, 9.17) is 0 Å². The first-order valence-corrected chi connectivity index (χ1v) is 6.92. The van der Waals surface area contributed by atoms with Crippen molar-refractivity contribution in [2.75, 3.05) is 18.6 Å². The van der Waals surface area contributed by atoms with Crippen LogP contribution in [0.3, 0.4) is 0 Å². The molecule has 0 aliphatic heterocycles. The molecule has 0 radical (unpaired) electrons. The van der Waals surface area contributed by atoms with Gasteiger partial charge in [-0.1, -0.05) is 29.8 Å². The van der Waals surface area contributed by atoms with Crippen molar-refractivity contribution in [1.82, 2.24) is 5.32 Å². The molecule has 0 unspecified atom stereocenters. The molecule has 84 valence electrons. The molecule has 1 nitrogen and oxygen atoms in total. The number of benzene rings is 1. The van der Waals surface area contributed by atoms with Crippen LogP contribution in [-0.2, 0) is 0 Å². The van der Waals surface area contributed by atoms with Crippen LogP contribution >= 0.6 is 11.8 Å². The molecule has 2 heteroatoms. The first kappa shape index (κ1) is 12.6. The number of hydrogen-bond donors (Lipinski definition) is 1. The van der Waals surface area contributed by atoms with Crippen LogP contribution in [0.1, 0.15) is 30.5 Å². The van der Waals surface area contributed by atoms with Gasteiger partial charge in [0.25, 0.3) is 0 Å². The Kier molecular flexibility index (Phi) is 5.81. The summed E-state index contributed by atoms with van der Waals surface area (Å²) in [5, 5.41) is 3.55. The Morgan fingerprint density at radius 3 is 2.87 bits per heavy atom. The fourth-order valence-electron chi connectivity index (χ4n) is 1.59. The van der Waals surface area contributed by atoms with E-state index in [1.165, 1.54) is 23.3 Å². The largest absolute Gasteiger partial charge is 0.310 e. The minimum Gasteiger partial charge on any atom is -0.310 e. The third-order valence-electron chi connectivity index (χ3n) is 2.52. The fraction of sp³-hybridized carbons (Fsp3) is 0.538. The number of nitrogens with one attached hydrogen (secondary N) is 1. The molecule has 0 saturated heterocycles. The summed E-state index contributed by atoms with van der Waals surface area (Å²) in [6.45, 7) is 5.48. The highest BCUT2D eigenvalue weighted by atomic mass is 32.2. The lowest BCUT2D eigenvalue weighted by atomic mass is 10.1. The molecule has 0 amide bonds. The van der Waals surface area contributed by atoms with Gasteiger partial charge in [-0.15, -0.1) is 0 Å². The van der Waals surface area contributed by atoms with Gasteiger partial charge in [0, 0.05) is 6.04 Å². The van der Waals surface area contributed by atoms with Gasteiger partial charge < -0.3 is 5.32 Å². The minimum absolute atomic E-state index is 0.465. The molecule has 0 aliphatic carbocycles. The lowest BCUT2D eigenvalue weighted by molar-refractivity contribution is 0.572. The van der Waals surface area contributed by atoms with Gasteiger partial charge in [0.2, 0.25) is 0 Å². The topological polar surface area (TPSA) is 12.0 Å². The standard InChI is InChI=1S/C13H21NS/c1-11-6-4-7-13(10-11)12(2)14-8-5-9-15-3/h4,6-7,10,12,14H,5,8-9H2,1-3H3/t12-/m1/s1. The molecule has 0 heterocycles. The van der Waals surface area contributed by atoms with E-state index in [0.29, 0.717) is 6.04 Å². The van der Waals surface area contributed by atoms with E-state index < -0.39 is 0 Å². The molecule has 0 spiro atoms. The minimum atomic E-state index is 0.465. The predicted octanol–water partition coefficient (Wildman–Crippen LogP) is 3.40. The number of aryl methyl sites for hydroxylation is 1.